The highest BCUT2D eigenvalue weighted by Crippen LogP contribution is 2.45. The van der Waals surface area contributed by atoms with Gasteiger partial charge < -0.3 is 28.5 Å². The normalized spacial score (nSPS) is 33.9. The number of hydrogen-bond acceptors (Lipinski definition) is 11. The number of nitro groups is 1. The Bertz CT molecular complexity index is 1500. The molecular formula is C29H30N4O10. The zero-order chi connectivity index (χ0) is 30.3. The van der Waals surface area contributed by atoms with Gasteiger partial charge in [0.05, 0.1) is 17.2 Å². The smallest absolute Gasteiger partial charge is 0.291 e. The average Bonchev–Trinajstić information content (AvgIpc) is 3.64. The van der Waals surface area contributed by atoms with Crippen molar-refractivity contribution < 1.29 is 43.0 Å². The van der Waals surface area contributed by atoms with E-state index in [-0.39, 0.29) is 17.9 Å². The van der Waals surface area contributed by atoms with Crippen LogP contribution < -0.4 is 5.01 Å². The second-order valence-electron chi connectivity index (χ2n) is 11.9. The lowest BCUT2D eigenvalue weighted by atomic mass is 9.88. The number of carbonyl (C=O) groups excluding carboxylic acids is 2. The summed E-state index contributed by atoms with van der Waals surface area (Å²) < 4.78 is 31.0. The van der Waals surface area contributed by atoms with E-state index in [1.54, 1.807) is 58.0 Å². The number of amides is 2. The summed E-state index contributed by atoms with van der Waals surface area (Å²) in [5, 5.41) is 17.9. The van der Waals surface area contributed by atoms with Gasteiger partial charge in [-0.15, -0.1) is 0 Å². The number of carbonyl (C=O) groups is 2. The predicted octanol–water partition coefficient (Wildman–Crippen LogP) is 2.50. The molecule has 7 rings (SSSR count). The van der Waals surface area contributed by atoms with Gasteiger partial charge in [0.25, 0.3) is 17.5 Å². The van der Waals surface area contributed by atoms with Crippen molar-refractivity contribution >= 4 is 28.9 Å². The van der Waals surface area contributed by atoms with Crippen molar-refractivity contribution in [3.63, 3.8) is 0 Å². The molecule has 2 aromatic rings. The molecule has 0 N–H and O–H groups in total. The molecule has 43 heavy (non-hydrogen) atoms. The van der Waals surface area contributed by atoms with Crippen molar-refractivity contribution in [1.29, 1.82) is 0 Å². The Morgan fingerprint density at radius 2 is 1.51 bits per heavy atom. The van der Waals surface area contributed by atoms with Crippen LogP contribution in [0.25, 0.3) is 0 Å². The second kappa shape index (κ2) is 9.79. The van der Waals surface area contributed by atoms with Crippen LogP contribution in [0.2, 0.25) is 0 Å². The van der Waals surface area contributed by atoms with Crippen LogP contribution in [0.15, 0.2) is 59.8 Å². The average molecular weight is 595 g/mol. The predicted molar refractivity (Wildman–Crippen MR) is 146 cm³/mol. The van der Waals surface area contributed by atoms with Crippen LogP contribution in [-0.4, -0.2) is 82.4 Å². The fraction of sp³-hybridized carbons (Fsp3) is 0.483. The number of fused-ring (bicyclic) bond motifs is 4. The number of benzene rings is 2. The number of nitrogens with zero attached hydrogens (tertiary/aromatic N) is 4. The summed E-state index contributed by atoms with van der Waals surface area (Å²) >= 11 is 0. The quantitative estimate of drug-likeness (QED) is 0.373. The van der Waals surface area contributed by atoms with Gasteiger partial charge in [-0.05, 0) is 52.0 Å². The molecule has 4 fully saturated rings. The molecule has 14 nitrogen and oxygen atoms in total. The third-order valence-corrected chi connectivity index (χ3v) is 8.05. The Morgan fingerprint density at radius 3 is 2.21 bits per heavy atom. The Kier molecular flexibility index (Phi) is 6.34. The molecule has 0 aliphatic carbocycles. The first-order valence-corrected chi connectivity index (χ1v) is 14.0. The van der Waals surface area contributed by atoms with Crippen LogP contribution in [0.3, 0.4) is 0 Å². The molecule has 2 amide bonds. The van der Waals surface area contributed by atoms with Gasteiger partial charge in [-0.3, -0.25) is 19.7 Å². The van der Waals surface area contributed by atoms with Gasteiger partial charge in [-0.25, -0.2) is 10.0 Å². The van der Waals surface area contributed by atoms with Crippen LogP contribution in [0.5, 0.6) is 0 Å². The molecular weight excluding hydrogens is 564 g/mol. The third kappa shape index (κ3) is 4.66. The minimum atomic E-state index is -1.23. The number of rotatable bonds is 5. The van der Waals surface area contributed by atoms with E-state index in [4.69, 9.17) is 28.5 Å². The Labute approximate surface area is 246 Å². The molecule has 0 bridgehead atoms. The van der Waals surface area contributed by atoms with E-state index in [2.05, 4.69) is 5.16 Å². The first-order valence-electron chi connectivity index (χ1n) is 14.0. The van der Waals surface area contributed by atoms with Crippen LogP contribution in [0.4, 0.5) is 11.4 Å². The number of non-ortho nitro benzene ring substituents is 1. The maximum absolute atomic E-state index is 14.4. The van der Waals surface area contributed by atoms with Crippen molar-refractivity contribution in [2.24, 2.45) is 11.1 Å². The molecule has 5 aliphatic heterocycles. The van der Waals surface area contributed by atoms with E-state index in [0.717, 1.165) is 0 Å². The summed E-state index contributed by atoms with van der Waals surface area (Å²) in [6, 6.07) is 14.3. The van der Waals surface area contributed by atoms with E-state index in [9.17, 15) is 19.7 Å². The Hall–Kier alpha value is -3.95. The molecule has 0 spiro atoms. The number of hydrogen-bond donors (Lipinski definition) is 0. The number of para-hydroxylation sites is 1. The number of nitro benzene ring substituents is 1. The minimum absolute atomic E-state index is 0.0934. The van der Waals surface area contributed by atoms with Crippen molar-refractivity contribution in [3.05, 3.63) is 70.3 Å². The van der Waals surface area contributed by atoms with Crippen molar-refractivity contribution in [2.45, 2.75) is 76.1 Å². The Morgan fingerprint density at radius 1 is 0.860 bits per heavy atom. The fourth-order valence-electron chi connectivity index (χ4n) is 6.31. The molecule has 226 valence electrons. The maximum atomic E-state index is 14.4. The van der Waals surface area contributed by atoms with Gasteiger partial charge in [0, 0.05) is 17.7 Å². The van der Waals surface area contributed by atoms with E-state index in [1.165, 1.54) is 34.3 Å². The SMILES string of the molecule is CC1(C)O[C@H]2O[C@H](CN3C(=O)[C@H]4C(c5ccc([N+](=O)[O-])cc5)=NO[C@H]4C(=O)N3c3ccccc3)[C@@H]3OC(C)(C)O[C@@H]3[C@@H]2O1. The van der Waals surface area contributed by atoms with E-state index in [1.807, 2.05) is 0 Å². The van der Waals surface area contributed by atoms with Gasteiger partial charge in [-0.1, -0.05) is 23.4 Å². The zero-order valence-electron chi connectivity index (χ0n) is 23.8. The zero-order valence-corrected chi connectivity index (χ0v) is 23.8. The summed E-state index contributed by atoms with van der Waals surface area (Å²) in [6.07, 6.45) is -4.55. The molecule has 2 aromatic carbocycles. The van der Waals surface area contributed by atoms with Crippen molar-refractivity contribution in [3.8, 4) is 0 Å². The largest absolute Gasteiger partial charge is 0.381 e. The summed E-state index contributed by atoms with van der Waals surface area (Å²) in [5.41, 5.74) is 0.960. The van der Waals surface area contributed by atoms with Gasteiger partial charge in [0.2, 0.25) is 6.10 Å². The molecule has 0 radical (unpaired) electrons. The number of anilines is 1. The van der Waals surface area contributed by atoms with Gasteiger partial charge in [-0.2, -0.15) is 0 Å². The molecule has 4 saturated heterocycles. The van der Waals surface area contributed by atoms with Crippen LogP contribution in [0, 0.1) is 16.0 Å². The lowest BCUT2D eigenvalue weighted by molar-refractivity contribution is -0.384. The van der Waals surface area contributed by atoms with E-state index < -0.39 is 71.0 Å². The lowest BCUT2D eigenvalue weighted by Crippen LogP contribution is -2.67. The van der Waals surface area contributed by atoms with Gasteiger partial charge in [0.1, 0.15) is 36.0 Å². The van der Waals surface area contributed by atoms with Crippen molar-refractivity contribution in [1.82, 2.24) is 5.01 Å². The highest BCUT2D eigenvalue weighted by molar-refractivity contribution is 6.20. The summed E-state index contributed by atoms with van der Waals surface area (Å²) in [6.45, 7) is 7.05. The molecule has 14 heteroatoms. The third-order valence-electron chi connectivity index (χ3n) is 8.05. The molecule has 5 aliphatic rings. The molecule has 0 saturated carbocycles. The van der Waals surface area contributed by atoms with Crippen LogP contribution in [0.1, 0.15) is 33.3 Å². The summed E-state index contributed by atoms with van der Waals surface area (Å²) in [4.78, 5) is 44.6. The second-order valence-corrected chi connectivity index (χ2v) is 11.9. The van der Waals surface area contributed by atoms with Crippen LogP contribution >= 0.6 is 0 Å². The lowest BCUT2D eigenvalue weighted by Gasteiger charge is -2.45. The molecule has 7 atom stereocenters. The van der Waals surface area contributed by atoms with Gasteiger partial charge >= 0.3 is 0 Å². The number of oxime groups is 1. The van der Waals surface area contributed by atoms with E-state index >= 15 is 0 Å². The highest BCUT2D eigenvalue weighted by Gasteiger charge is 2.62. The molecule has 5 heterocycles. The maximum Gasteiger partial charge on any atom is 0.291 e. The number of hydrazine groups is 1. The van der Waals surface area contributed by atoms with Gasteiger partial charge in [0.15, 0.2) is 17.9 Å². The summed E-state index contributed by atoms with van der Waals surface area (Å²) in [7, 11) is 0. The first-order chi connectivity index (χ1) is 20.4. The minimum Gasteiger partial charge on any atom is -0.381 e. The molecule has 0 unspecified atom stereocenters. The topological polar surface area (TPSA) is 151 Å². The first kappa shape index (κ1) is 27.9. The Balaban J connectivity index is 1.24. The fourth-order valence-corrected chi connectivity index (χ4v) is 6.31. The van der Waals surface area contributed by atoms with Crippen LogP contribution in [-0.2, 0) is 38.1 Å². The summed E-state index contributed by atoms with van der Waals surface area (Å²) in [5.74, 6) is -3.95. The standard InChI is InChI=1S/C29H30N4O10/c1-28(2)39-21-18(38-27-24(23(21)40-28)41-29(3,4)42-27)14-31-25(34)19-20(15-10-12-17(13-11-15)33(36)37)30-43-22(19)26(35)32(31)16-8-6-5-7-9-16/h5-13,18-19,21-24,27H,14H2,1-4H3/t18-,19+,21+,22-,23+,24+,27-/m1/s1. The molecule has 0 aromatic heterocycles. The monoisotopic (exact) mass is 594 g/mol. The number of ether oxygens (including phenoxy) is 5. The van der Waals surface area contributed by atoms with E-state index in [0.29, 0.717) is 11.3 Å². The highest BCUT2D eigenvalue weighted by atomic mass is 16.9. The van der Waals surface area contributed by atoms with Crippen molar-refractivity contribution in [2.75, 3.05) is 11.6 Å².